The standard InChI is InChI=1S/C18H31N3O4/c1-13(2)12-25-17(24)20-8-6-19(7-9-20)16(23)14-10-15(22)21(11-14)18(3,4)5/h13-14H,6-12H2,1-5H3. The van der Waals surface area contributed by atoms with Crippen LogP contribution in [0.3, 0.4) is 0 Å². The van der Waals surface area contributed by atoms with E-state index in [2.05, 4.69) is 0 Å². The molecule has 25 heavy (non-hydrogen) atoms. The SMILES string of the molecule is CC(C)COC(=O)N1CCN(C(=O)C2CC(=O)N(C(C)(C)C)C2)CC1. The first-order chi connectivity index (χ1) is 11.6. The Hall–Kier alpha value is -1.79. The summed E-state index contributed by atoms with van der Waals surface area (Å²) in [5.41, 5.74) is -0.259. The van der Waals surface area contributed by atoms with E-state index in [1.165, 1.54) is 0 Å². The fraction of sp³-hybridized carbons (Fsp3) is 0.833. The number of carbonyl (C=O) groups excluding carboxylic acids is 3. The Morgan fingerprint density at radius 1 is 1.12 bits per heavy atom. The van der Waals surface area contributed by atoms with Crippen molar-refractivity contribution >= 4 is 17.9 Å². The van der Waals surface area contributed by atoms with Crippen LogP contribution in [-0.4, -0.2) is 77.5 Å². The third-order valence-corrected chi connectivity index (χ3v) is 4.67. The molecular formula is C18H31N3O4. The second kappa shape index (κ2) is 7.62. The van der Waals surface area contributed by atoms with Crippen LogP contribution < -0.4 is 0 Å². The van der Waals surface area contributed by atoms with E-state index in [0.29, 0.717) is 45.2 Å². The summed E-state index contributed by atoms with van der Waals surface area (Å²) in [5.74, 6) is 0.0979. The van der Waals surface area contributed by atoms with Gasteiger partial charge in [0.1, 0.15) is 0 Å². The number of hydrogen-bond donors (Lipinski definition) is 0. The predicted octanol–water partition coefficient (Wildman–Crippen LogP) is 1.57. The highest BCUT2D eigenvalue weighted by Gasteiger charge is 2.41. The average Bonchev–Trinajstić information content (AvgIpc) is 2.94. The fourth-order valence-corrected chi connectivity index (χ4v) is 3.22. The third-order valence-electron chi connectivity index (χ3n) is 4.67. The van der Waals surface area contributed by atoms with Crippen molar-refractivity contribution in [2.45, 2.75) is 46.6 Å². The van der Waals surface area contributed by atoms with Gasteiger partial charge in [0, 0.05) is 44.7 Å². The Morgan fingerprint density at radius 3 is 2.16 bits per heavy atom. The molecule has 0 aromatic heterocycles. The lowest BCUT2D eigenvalue weighted by molar-refractivity contribution is -0.137. The smallest absolute Gasteiger partial charge is 0.409 e. The Morgan fingerprint density at radius 2 is 1.68 bits per heavy atom. The summed E-state index contributed by atoms with van der Waals surface area (Å²) in [6, 6.07) is 0. The summed E-state index contributed by atoms with van der Waals surface area (Å²) in [5, 5.41) is 0. The van der Waals surface area contributed by atoms with Crippen molar-refractivity contribution in [1.29, 1.82) is 0 Å². The molecule has 0 aromatic rings. The molecule has 0 aromatic carbocycles. The van der Waals surface area contributed by atoms with Crippen molar-refractivity contribution < 1.29 is 19.1 Å². The molecule has 2 aliphatic rings. The van der Waals surface area contributed by atoms with Crippen LogP contribution in [0.15, 0.2) is 0 Å². The van der Waals surface area contributed by atoms with Gasteiger partial charge >= 0.3 is 6.09 Å². The summed E-state index contributed by atoms with van der Waals surface area (Å²) in [6.07, 6.45) is -0.0250. The first kappa shape index (κ1) is 19.5. The lowest BCUT2D eigenvalue weighted by atomic mass is 10.1. The van der Waals surface area contributed by atoms with Crippen molar-refractivity contribution in [2.75, 3.05) is 39.3 Å². The molecule has 3 amide bonds. The summed E-state index contributed by atoms with van der Waals surface area (Å²) < 4.78 is 5.24. The highest BCUT2D eigenvalue weighted by atomic mass is 16.6. The number of likely N-dealkylation sites (tertiary alicyclic amines) is 1. The maximum absolute atomic E-state index is 12.7. The Balaban J connectivity index is 1.84. The van der Waals surface area contributed by atoms with E-state index in [9.17, 15) is 14.4 Å². The normalized spacial score (nSPS) is 21.9. The molecular weight excluding hydrogens is 322 g/mol. The van der Waals surface area contributed by atoms with E-state index in [1.54, 1.807) is 14.7 Å². The van der Waals surface area contributed by atoms with Gasteiger partial charge in [0.25, 0.3) is 0 Å². The fourth-order valence-electron chi connectivity index (χ4n) is 3.22. The topological polar surface area (TPSA) is 70.2 Å². The van der Waals surface area contributed by atoms with Crippen LogP contribution in [0.1, 0.15) is 41.0 Å². The number of carbonyl (C=O) groups is 3. The summed E-state index contributed by atoms with van der Waals surface area (Å²) in [6.45, 7) is 12.8. The number of ether oxygens (including phenoxy) is 1. The Labute approximate surface area is 150 Å². The maximum atomic E-state index is 12.7. The molecule has 1 unspecified atom stereocenters. The zero-order valence-corrected chi connectivity index (χ0v) is 16.1. The third kappa shape index (κ3) is 4.86. The largest absolute Gasteiger partial charge is 0.449 e. The monoisotopic (exact) mass is 353 g/mol. The highest BCUT2D eigenvalue weighted by Crippen LogP contribution is 2.27. The van der Waals surface area contributed by atoms with Crippen molar-refractivity contribution in [1.82, 2.24) is 14.7 Å². The number of hydrogen-bond acceptors (Lipinski definition) is 4. The van der Waals surface area contributed by atoms with Crippen LogP contribution in [0.2, 0.25) is 0 Å². The first-order valence-corrected chi connectivity index (χ1v) is 9.10. The number of amides is 3. The average molecular weight is 353 g/mol. The van der Waals surface area contributed by atoms with E-state index in [4.69, 9.17) is 4.74 Å². The van der Waals surface area contributed by atoms with Crippen molar-refractivity contribution in [3.8, 4) is 0 Å². The minimum absolute atomic E-state index is 0.0234. The summed E-state index contributed by atoms with van der Waals surface area (Å²) >= 11 is 0. The van der Waals surface area contributed by atoms with Crippen LogP contribution in [-0.2, 0) is 14.3 Å². The minimum atomic E-state index is -0.309. The molecule has 0 aliphatic carbocycles. The van der Waals surface area contributed by atoms with Crippen molar-refractivity contribution in [3.63, 3.8) is 0 Å². The molecule has 2 rings (SSSR count). The van der Waals surface area contributed by atoms with E-state index in [-0.39, 0.29) is 35.8 Å². The number of piperazine rings is 1. The van der Waals surface area contributed by atoms with Gasteiger partial charge in [0.15, 0.2) is 0 Å². The zero-order valence-electron chi connectivity index (χ0n) is 16.1. The van der Waals surface area contributed by atoms with Gasteiger partial charge in [-0.3, -0.25) is 9.59 Å². The minimum Gasteiger partial charge on any atom is -0.449 e. The van der Waals surface area contributed by atoms with E-state index in [1.807, 2.05) is 34.6 Å². The van der Waals surface area contributed by atoms with Crippen LogP contribution in [0, 0.1) is 11.8 Å². The first-order valence-electron chi connectivity index (χ1n) is 9.10. The summed E-state index contributed by atoms with van der Waals surface area (Å²) in [4.78, 5) is 42.1. The van der Waals surface area contributed by atoms with Gasteiger partial charge in [-0.05, 0) is 26.7 Å². The second-order valence-corrected chi connectivity index (χ2v) is 8.36. The summed E-state index contributed by atoms with van der Waals surface area (Å²) in [7, 11) is 0. The van der Waals surface area contributed by atoms with Gasteiger partial charge in [0.05, 0.1) is 12.5 Å². The quantitative estimate of drug-likeness (QED) is 0.772. The van der Waals surface area contributed by atoms with Crippen LogP contribution >= 0.6 is 0 Å². The van der Waals surface area contributed by atoms with Gasteiger partial charge in [0.2, 0.25) is 11.8 Å². The zero-order chi connectivity index (χ0) is 18.8. The van der Waals surface area contributed by atoms with Crippen molar-refractivity contribution in [3.05, 3.63) is 0 Å². The van der Waals surface area contributed by atoms with Gasteiger partial charge < -0.3 is 19.4 Å². The molecule has 7 heteroatoms. The molecule has 2 fully saturated rings. The molecule has 2 aliphatic heterocycles. The predicted molar refractivity (Wildman–Crippen MR) is 93.9 cm³/mol. The van der Waals surface area contributed by atoms with Gasteiger partial charge in [-0.15, -0.1) is 0 Å². The Kier molecular flexibility index (Phi) is 5.95. The van der Waals surface area contributed by atoms with Crippen LogP contribution in [0.4, 0.5) is 4.79 Å². The molecule has 0 N–H and O–H groups in total. The van der Waals surface area contributed by atoms with Gasteiger partial charge in [-0.2, -0.15) is 0 Å². The lowest BCUT2D eigenvalue weighted by Crippen LogP contribution is -2.52. The second-order valence-electron chi connectivity index (χ2n) is 8.36. The molecule has 7 nitrogen and oxygen atoms in total. The van der Waals surface area contributed by atoms with E-state index >= 15 is 0 Å². The highest BCUT2D eigenvalue weighted by molar-refractivity contribution is 5.89. The molecule has 2 saturated heterocycles. The molecule has 0 saturated carbocycles. The van der Waals surface area contributed by atoms with Crippen LogP contribution in [0.5, 0.6) is 0 Å². The molecule has 0 bridgehead atoms. The van der Waals surface area contributed by atoms with Gasteiger partial charge in [-0.1, -0.05) is 13.8 Å². The molecule has 2 heterocycles. The molecule has 1 atom stereocenters. The molecule has 0 radical (unpaired) electrons. The van der Waals surface area contributed by atoms with Gasteiger partial charge in [-0.25, -0.2) is 4.79 Å². The lowest BCUT2D eigenvalue weighted by Gasteiger charge is -2.36. The van der Waals surface area contributed by atoms with E-state index in [0.717, 1.165) is 0 Å². The molecule has 142 valence electrons. The Bertz CT molecular complexity index is 519. The molecule has 0 spiro atoms. The van der Waals surface area contributed by atoms with E-state index < -0.39 is 0 Å². The number of rotatable bonds is 3. The number of nitrogens with zero attached hydrogens (tertiary/aromatic N) is 3. The van der Waals surface area contributed by atoms with Crippen LogP contribution in [0.25, 0.3) is 0 Å². The van der Waals surface area contributed by atoms with Crippen molar-refractivity contribution in [2.24, 2.45) is 11.8 Å². The maximum Gasteiger partial charge on any atom is 0.409 e.